The van der Waals surface area contributed by atoms with E-state index in [0.717, 1.165) is 25.7 Å². The maximum Gasteiger partial charge on any atom is 0.0231 e. The first kappa shape index (κ1) is 14.5. The Balaban J connectivity index is 1.77. The fourth-order valence-electron chi connectivity index (χ4n) is 2.25. The van der Waals surface area contributed by atoms with E-state index in [-0.39, 0.29) is 5.41 Å². The molecule has 0 atom stereocenters. The van der Waals surface area contributed by atoms with E-state index in [9.17, 15) is 0 Å². The third-order valence-electron chi connectivity index (χ3n) is 3.78. The van der Waals surface area contributed by atoms with Gasteiger partial charge in [0, 0.05) is 25.7 Å². The van der Waals surface area contributed by atoms with E-state index in [1.54, 1.807) is 0 Å². The molecule has 19 heavy (non-hydrogen) atoms. The molecule has 2 heteroatoms. The van der Waals surface area contributed by atoms with Gasteiger partial charge in [-0.15, -0.1) is 0 Å². The maximum absolute atomic E-state index is 3.56. The highest BCUT2D eigenvalue weighted by Gasteiger charge is 2.19. The molecule has 0 aliphatic heterocycles. The Kier molecular flexibility index (Phi) is 4.64. The molecule has 2 rings (SSSR count). The average molecular weight is 260 g/mol. The van der Waals surface area contributed by atoms with Crippen LogP contribution in [0.3, 0.4) is 0 Å². The van der Waals surface area contributed by atoms with Gasteiger partial charge in [0.15, 0.2) is 0 Å². The number of hydrogen-bond donors (Lipinski definition) is 1. The Bertz CT molecular complexity index is 385. The molecule has 1 fully saturated rings. The van der Waals surface area contributed by atoms with Gasteiger partial charge >= 0.3 is 0 Å². The molecule has 0 unspecified atom stereocenters. The Labute approximate surface area is 118 Å². The van der Waals surface area contributed by atoms with Gasteiger partial charge in [-0.1, -0.05) is 45.0 Å². The van der Waals surface area contributed by atoms with E-state index in [1.165, 1.54) is 24.0 Å². The fraction of sp³-hybridized carbons (Fsp3) is 0.647. The SMILES string of the molecule is CN(CCNC1CC1)Cc1ccc(C(C)(C)C)cc1. The third-order valence-corrected chi connectivity index (χ3v) is 3.78. The van der Waals surface area contributed by atoms with E-state index >= 15 is 0 Å². The van der Waals surface area contributed by atoms with Gasteiger partial charge < -0.3 is 10.2 Å². The quantitative estimate of drug-likeness (QED) is 0.845. The number of nitrogens with one attached hydrogen (secondary N) is 1. The van der Waals surface area contributed by atoms with Crippen molar-refractivity contribution in [1.29, 1.82) is 0 Å². The van der Waals surface area contributed by atoms with Crippen LogP contribution in [0.1, 0.15) is 44.7 Å². The van der Waals surface area contributed by atoms with Crippen LogP contribution in [0.2, 0.25) is 0 Å². The van der Waals surface area contributed by atoms with Gasteiger partial charge in [-0.05, 0) is 36.4 Å². The summed E-state index contributed by atoms with van der Waals surface area (Å²) in [6.45, 7) is 10.1. The molecular weight excluding hydrogens is 232 g/mol. The molecule has 1 aromatic rings. The molecule has 1 aliphatic carbocycles. The topological polar surface area (TPSA) is 15.3 Å². The molecule has 0 amide bonds. The predicted octanol–water partition coefficient (Wildman–Crippen LogP) is 3.17. The van der Waals surface area contributed by atoms with Crippen LogP contribution in [0.5, 0.6) is 0 Å². The average Bonchev–Trinajstić information content (AvgIpc) is 3.12. The van der Waals surface area contributed by atoms with Crippen LogP contribution in [-0.4, -0.2) is 31.1 Å². The second kappa shape index (κ2) is 6.06. The molecule has 1 aromatic carbocycles. The Morgan fingerprint density at radius 2 is 1.79 bits per heavy atom. The van der Waals surface area contributed by atoms with Crippen molar-refractivity contribution in [1.82, 2.24) is 10.2 Å². The summed E-state index contributed by atoms with van der Waals surface area (Å²) in [7, 11) is 2.20. The lowest BCUT2D eigenvalue weighted by molar-refractivity contribution is 0.324. The van der Waals surface area contributed by atoms with E-state index < -0.39 is 0 Å². The molecule has 0 aromatic heterocycles. The van der Waals surface area contributed by atoms with E-state index in [0.29, 0.717) is 0 Å². The summed E-state index contributed by atoms with van der Waals surface area (Å²) >= 11 is 0. The standard InChI is InChI=1S/C17H28N2/c1-17(2,3)15-7-5-14(6-8-15)13-19(4)12-11-18-16-9-10-16/h5-8,16,18H,9-13H2,1-4H3. The fourth-order valence-corrected chi connectivity index (χ4v) is 2.25. The largest absolute Gasteiger partial charge is 0.313 e. The normalized spacial score (nSPS) is 16.1. The summed E-state index contributed by atoms with van der Waals surface area (Å²) in [4.78, 5) is 2.39. The van der Waals surface area contributed by atoms with Gasteiger partial charge in [0.1, 0.15) is 0 Å². The molecule has 0 radical (unpaired) electrons. The summed E-state index contributed by atoms with van der Waals surface area (Å²) in [6.07, 6.45) is 2.75. The van der Waals surface area contributed by atoms with E-state index in [2.05, 4.69) is 62.3 Å². The highest BCUT2D eigenvalue weighted by molar-refractivity contribution is 5.27. The summed E-state index contributed by atoms with van der Waals surface area (Å²) in [5.41, 5.74) is 3.06. The summed E-state index contributed by atoms with van der Waals surface area (Å²) in [6, 6.07) is 9.90. The van der Waals surface area contributed by atoms with Gasteiger partial charge in [-0.2, -0.15) is 0 Å². The van der Waals surface area contributed by atoms with Gasteiger partial charge in [0.25, 0.3) is 0 Å². The third kappa shape index (κ3) is 4.96. The van der Waals surface area contributed by atoms with Crippen LogP contribution in [-0.2, 0) is 12.0 Å². The molecule has 1 saturated carbocycles. The Hall–Kier alpha value is -0.860. The molecule has 0 saturated heterocycles. The molecule has 0 heterocycles. The number of hydrogen-bond acceptors (Lipinski definition) is 2. The zero-order valence-corrected chi connectivity index (χ0v) is 12.9. The van der Waals surface area contributed by atoms with Crippen LogP contribution >= 0.6 is 0 Å². The van der Waals surface area contributed by atoms with Crippen molar-refractivity contribution < 1.29 is 0 Å². The summed E-state index contributed by atoms with van der Waals surface area (Å²) in [5.74, 6) is 0. The van der Waals surface area contributed by atoms with Crippen LogP contribution < -0.4 is 5.32 Å². The molecule has 0 spiro atoms. The maximum atomic E-state index is 3.56. The van der Waals surface area contributed by atoms with Crippen molar-refractivity contribution in [2.24, 2.45) is 0 Å². The molecular formula is C17H28N2. The lowest BCUT2D eigenvalue weighted by atomic mass is 9.87. The Morgan fingerprint density at radius 3 is 2.32 bits per heavy atom. The van der Waals surface area contributed by atoms with Crippen molar-refractivity contribution in [2.75, 3.05) is 20.1 Å². The molecule has 2 nitrogen and oxygen atoms in total. The monoisotopic (exact) mass is 260 g/mol. The molecule has 106 valence electrons. The molecule has 0 bridgehead atoms. The lowest BCUT2D eigenvalue weighted by Gasteiger charge is -2.21. The summed E-state index contributed by atoms with van der Waals surface area (Å²) < 4.78 is 0. The minimum Gasteiger partial charge on any atom is -0.313 e. The number of rotatable bonds is 6. The second-order valence-electron chi connectivity index (χ2n) is 6.91. The molecule has 1 aliphatic rings. The number of likely N-dealkylation sites (N-methyl/N-ethyl adjacent to an activating group) is 1. The van der Waals surface area contributed by atoms with E-state index in [4.69, 9.17) is 0 Å². The van der Waals surface area contributed by atoms with Crippen LogP contribution in [0.25, 0.3) is 0 Å². The van der Waals surface area contributed by atoms with Gasteiger partial charge in [0.2, 0.25) is 0 Å². The minimum atomic E-state index is 0.249. The predicted molar refractivity (Wildman–Crippen MR) is 82.5 cm³/mol. The van der Waals surface area contributed by atoms with E-state index in [1.807, 2.05) is 0 Å². The zero-order chi connectivity index (χ0) is 13.9. The first-order chi connectivity index (χ1) is 8.95. The van der Waals surface area contributed by atoms with Crippen molar-refractivity contribution in [3.63, 3.8) is 0 Å². The lowest BCUT2D eigenvalue weighted by Crippen LogP contribution is -2.30. The zero-order valence-electron chi connectivity index (χ0n) is 12.9. The van der Waals surface area contributed by atoms with Crippen molar-refractivity contribution in [3.05, 3.63) is 35.4 Å². The Morgan fingerprint density at radius 1 is 1.16 bits per heavy atom. The van der Waals surface area contributed by atoms with Crippen molar-refractivity contribution >= 4 is 0 Å². The highest BCUT2D eigenvalue weighted by Crippen LogP contribution is 2.22. The number of benzene rings is 1. The smallest absolute Gasteiger partial charge is 0.0231 e. The minimum absolute atomic E-state index is 0.249. The van der Waals surface area contributed by atoms with Gasteiger partial charge in [-0.25, -0.2) is 0 Å². The first-order valence-corrected chi connectivity index (χ1v) is 7.46. The summed E-state index contributed by atoms with van der Waals surface area (Å²) in [5, 5.41) is 3.56. The number of nitrogens with zero attached hydrogens (tertiary/aromatic N) is 1. The highest BCUT2D eigenvalue weighted by atomic mass is 15.1. The molecule has 1 N–H and O–H groups in total. The van der Waals surface area contributed by atoms with Crippen LogP contribution in [0, 0.1) is 0 Å². The van der Waals surface area contributed by atoms with Crippen LogP contribution in [0.4, 0.5) is 0 Å². The first-order valence-electron chi connectivity index (χ1n) is 7.46. The van der Waals surface area contributed by atoms with Gasteiger partial charge in [-0.3, -0.25) is 0 Å². The second-order valence-corrected chi connectivity index (χ2v) is 6.91. The van der Waals surface area contributed by atoms with Crippen molar-refractivity contribution in [3.8, 4) is 0 Å². The van der Waals surface area contributed by atoms with Gasteiger partial charge in [0.05, 0.1) is 0 Å². The van der Waals surface area contributed by atoms with Crippen LogP contribution in [0.15, 0.2) is 24.3 Å². The van der Waals surface area contributed by atoms with Crippen molar-refractivity contribution in [2.45, 2.75) is 51.6 Å².